The molecule has 2 aromatic heterocycles. The maximum atomic E-state index is 11.8. The molecule has 27 heavy (non-hydrogen) atoms. The molecule has 0 saturated heterocycles. The van der Waals surface area contributed by atoms with Crippen LogP contribution >= 0.6 is 0 Å². The van der Waals surface area contributed by atoms with Gasteiger partial charge in [0.25, 0.3) is 0 Å². The first-order valence-corrected chi connectivity index (χ1v) is 10.3. The lowest BCUT2D eigenvalue weighted by molar-refractivity contribution is 0.252. The molecule has 0 saturated carbocycles. The Bertz CT molecular complexity index is 1130. The van der Waals surface area contributed by atoms with Crippen LogP contribution < -0.4 is 10.6 Å². The van der Waals surface area contributed by atoms with E-state index >= 15 is 0 Å². The van der Waals surface area contributed by atoms with Crippen molar-refractivity contribution >= 4 is 32.5 Å². The number of aryl methyl sites for hydroxylation is 1. The van der Waals surface area contributed by atoms with Gasteiger partial charge in [-0.3, -0.25) is 10.3 Å². The van der Waals surface area contributed by atoms with Gasteiger partial charge in [-0.15, -0.1) is 0 Å². The lowest BCUT2D eigenvalue weighted by Crippen LogP contribution is -2.28. The summed E-state index contributed by atoms with van der Waals surface area (Å²) in [4.78, 5) is 20.2. The minimum atomic E-state index is -3.34. The van der Waals surface area contributed by atoms with Gasteiger partial charge in [0.15, 0.2) is 9.84 Å². The van der Waals surface area contributed by atoms with Crippen LogP contribution in [0.5, 0.6) is 0 Å². The molecule has 0 bridgehead atoms. The van der Waals surface area contributed by atoms with Crippen LogP contribution in [0.25, 0.3) is 21.9 Å². The van der Waals surface area contributed by atoms with Gasteiger partial charge in [0, 0.05) is 42.3 Å². The van der Waals surface area contributed by atoms with Gasteiger partial charge in [0.2, 0.25) is 0 Å². The van der Waals surface area contributed by atoms with Crippen molar-refractivity contribution in [1.29, 1.82) is 0 Å². The van der Waals surface area contributed by atoms with E-state index in [0.717, 1.165) is 28.2 Å². The zero-order valence-electron chi connectivity index (χ0n) is 15.3. The van der Waals surface area contributed by atoms with E-state index in [1.807, 2.05) is 26.0 Å². The van der Waals surface area contributed by atoms with E-state index in [2.05, 4.69) is 20.6 Å². The Balaban J connectivity index is 2.06. The average molecular weight is 384 g/mol. The summed E-state index contributed by atoms with van der Waals surface area (Å²) in [6.07, 6.45) is 5.83. The molecule has 0 unspecified atom stereocenters. The van der Waals surface area contributed by atoms with Crippen molar-refractivity contribution in [1.82, 2.24) is 15.3 Å². The van der Waals surface area contributed by atoms with Crippen LogP contribution in [-0.4, -0.2) is 37.2 Å². The lowest BCUT2D eigenvalue weighted by atomic mass is 9.99. The number of pyridine rings is 2. The Morgan fingerprint density at radius 1 is 1.07 bits per heavy atom. The van der Waals surface area contributed by atoms with Crippen LogP contribution in [0, 0.1) is 6.92 Å². The molecule has 2 N–H and O–H groups in total. The highest BCUT2D eigenvalue weighted by molar-refractivity contribution is 7.90. The summed E-state index contributed by atoms with van der Waals surface area (Å²) in [5.74, 6) is 0.438. The highest BCUT2D eigenvalue weighted by Gasteiger charge is 2.11. The van der Waals surface area contributed by atoms with Crippen molar-refractivity contribution < 1.29 is 13.2 Å². The highest BCUT2D eigenvalue weighted by atomic mass is 32.2. The molecular weight excluding hydrogens is 364 g/mol. The Labute approximate surface area is 157 Å². The topological polar surface area (TPSA) is 101 Å². The number of hydrogen-bond donors (Lipinski definition) is 2. The van der Waals surface area contributed by atoms with Gasteiger partial charge in [-0.1, -0.05) is 6.07 Å². The van der Waals surface area contributed by atoms with Crippen molar-refractivity contribution in [3.8, 4) is 11.1 Å². The Morgan fingerprint density at radius 2 is 1.85 bits per heavy atom. The molecule has 0 aliphatic rings. The third-order valence-corrected chi connectivity index (χ3v) is 5.18. The summed E-state index contributed by atoms with van der Waals surface area (Å²) in [5.41, 5.74) is 2.54. The number of sulfone groups is 1. The number of anilines is 1. The summed E-state index contributed by atoms with van der Waals surface area (Å²) in [6, 6.07) is 6.97. The second-order valence-electron chi connectivity index (χ2n) is 6.25. The quantitative estimate of drug-likeness (QED) is 0.720. The fourth-order valence-corrected chi connectivity index (χ4v) is 3.37. The van der Waals surface area contributed by atoms with Gasteiger partial charge in [0.05, 0.1) is 4.90 Å². The molecule has 0 aliphatic carbocycles. The Kier molecular flexibility index (Phi) is 5.09. The van der Waals surface area contributed by atoms with Crippen LogP contribution in [0.15, 0.2) is 47.8 Å². The van der Waals surface area contributed by atoms with E-state index in [9.17, 15) is 13.2 Å². The fraction of sp³-hybridized carbons (Fsp3) is 0.211. The molecule has 0 spiro atoms. The first-order chi connectivity index (χ1) is 12.8. The summed E-state index contributed by atoms with van der Waals surface area (Å²) >= 11 is 0. The summed E-state index contributed by atoms with van der Waals surface area (Å²) in [6.45, 7) is 4.31. The smallest absolute Gasteiger partial charge is 0.320 e. The predicted octanol–water partition coefficient (Wildman–Crippen LogP) is 3.15. The zero-order chi connectivity index (χ0) is 19.6. The van der Waals surface area contributed by atoms with Crippen LogP contribution in [0.2, 0.25) is 0 Å². The fourth-order valence-electron chi connectivity index (χ4n) is 2.78. The minimum absolute atomic E-state index is 0.172. The number of benzene rings is 1. The number of urea groups is 1. The molecule has 8 heteroatoms. The third-order valence-electron chi connectivity index (χ3n) is 4.10. The second kappa shape index (κ2) is 7.32. The molecule has 2 heterocycles. The number of carbonyl (C=O) groups is 1. The molecule has 3 aromatic rings. The highest BCUT2D eigenvalue weighted by Crippen LogP contribution is 2.29. The molecule has 7 nitrogen and oxygen atoms in total. The summed E-state index contributed by atoms with van der Waals surface area (Å²) in [7, 11) is -3.34. The van der Waals surface area contributed by atoms with Crippen LogP contribution in [0.3, 0.4) is 0 Å². The molecule has 0 aliphatic heterocycles. The Hall–Kier alpha value is -3.00. The lowest BCUT2D eigenvalue weighted by Gasteiger charge is -2.10. The maximum absolute atomic E-state index is 11.8. The van der Waals surface area contributed by atoms with Crippen molar-refractivity contribution in [3.63, 3.8) is 0 Å². The predicted molar refractivity (Wildman–Crippen MR) is 106 cm³/mol. The maximum Gasteiger partial charge on any atom is 0.320 e. The molecule has 1 aromatic carbocycles. The molecular formula is C19H20N4O3S. The second-order valence-corrected chi connectivity index (χ2v) is 8.27. The largest absolute Gasteiger partial charge is 0.338 e. The van der Waals surface area contributed by atoms with Gasteiger partial charge in [-0.25, -0.2) is 18.2 Å². The molecule has 2 amide bonds. The number of amides is 2. The van der Waals surface area contributed by atoms with E-state index in [1.54, 1.807) is 24.5 Å². The van der Waals surface area contributed by atoms with Gasteiger partial charge in [-0.05, 0) is 48.6 Å². The summed E-state index contributed by atoms with van der Waals surface area (Å²) < 4.78 is 23.6. The van der Waals surface area contributed by atoms with Gasteiger partial charge in [-0.2, -0.15) is 0 Å². The van der Waals surface area contributed by atoms with Crippen LogP contribution in [0.1, 0.15) is 12.5 Å². The first-order valence-electron chi connectivity index (χ1n) is 8.38. The third kappa shape index (κ3) is 4.22. The number of aromatic nitrogens is 2. The molecule has 0 atom stereocenters. The number of nitrogens with zero attached hydrogens (tertiary/aromatic N) is 2. The van der Waals surface area contributed by atoms with Gasteiger partial charge >= 0.3 is 6.03 Å². The van der Waals surface area contributed by atoms with Crippen molar-refractivity contribution in [3.05, 3.63) is 48.4 Å². The molecule has 0 radical (unpaired) electrons. The van der Waals surface area contributed by atoms with Crippen molar-refractivity contribution in [2.75, 3.05) is 18.1 Å². The normalized spacial score (nSPS) is 11.4. The number of carbonyl (C=O) groups excluding carboxylic acids is 1. The molecule has 0 fully saturated rings. The van der Waals surface area contributed by atoms with Crippen LogP contribution in [-0.2, 0) is 9.84 Å². The number of nitrogens with one attached hydrogen (secondary N) is 2. The van der Waals surface area contributed by atoms with Crippen molar-refractivity contribution in [2.24, 2.45) is 0 Å². The zero-order valence-corrected chi connectivity index (χ0v) is 16.1. The van der Waals surface area contributed by atoms with Crippen molar-refractivity contribution in [2.45, 2.75) is 18.7 Å². The first kappa shape index (κ1) is 18.8. The van der Waals surface area contributed by atoms with Crippen LogP contribution in [0.4, 0.5) is 10.6 Å². The number of hydrogen-bond acceptors (Lipinski definition) is 5. The van der Waals surface area contributed by atoms with Gasteiger partial charge in [0.1, 0.15) is 5.82 Å². The monoisotopic (exact) mass is 384 g/mol. The molecule has 140 valence electrons. The summed E-state index contributed by atoms with van der Waals surface area (Å²) in [5, 5.41) is 7.18. The van der Waals surface area contributed by atoms with E-state index in [4.69, 9.17) is 0 Å². The SMILES string of the molecule is CCNC(=O)Nc1cc2cc(-c3cncc(S(C)(=O)=O)c3)cc(C)c2cn1. The van der Waals surface area contributed by atoms with E-state index in [-0.39, 0.29) is 10.9 Å². The average Bonchev–Trinajstić information content (AvgIpc) is 2.61. The number of rotatable bonds is 4. The molecule has 3 rings (SSSR count). The van der Waals surface area contributed by atoms with E-state index in [0.29, 0.717) is 17.9 Å². The number of fused-ring (bicyclic) bond motifs is 1. The minimum Gasteiger partial charge on any atom is -0.338 e. The van der Waals surface area contributed by atoms with E-state index < -0.39 is 9.84 Å². The van der Waals surface area contributed by atoms with E-state index in [1.165, 1.54) is 6.20 Å². The standard InChI is InChI=1S/C19H20N4O3S/c1-4-21-19(24)23-18-8-14-6-13(5-12(2)17(14)11-22-18)15-7-16(10-20-9-15)27(3,25)26/h5-11H,4H2,1-3H3,(H2,21,22,23,24). The van der Waals surface area contributed by atoms with Gasteiger partial charge < -0.3 is 5.32 Å². The Morgan fingerprint density at radius 3 is 2.56 bits per heavy atom.